The molecule has 0 aliphatic carbocycles. The molecular formula is C20H19ClF4N4O2. The first kappa shape index (κ1) is 22.8. The van der Waals surface area contributed by atoms with E-state index in [1.54, 1.807) is 13.8 Å². The molecule has 0 saturated carbocycles. The number of hydrogen-bond donors (Lipinski definition) is 2. The molecule has 1 fully saturated rings. The highest BCUT2D eigenvalue weighted by molar-refractivity contribution is 6.30. The number of nitrogens with one attached hydrogen (secondary N) is 2. The number of aromatic nitrogens is 1. The maximum Gasteiger partial charge on any atom is 0.433 e. The quantitative estimate of drug-likeness (QED) is 0.685. The lowest BCUT2D eigenvalue weighted by molar-refractivity contribution is -0.141. The van der Waals surface area contributed by atoms with Crippen molar-refractivity contribution >= 4 is 23.5 Å². The van der Waals surface area contributed by atoms with Gasteiger partial charge >= 0.3 is 12.2 Å². The molecule has 31 heavy (non-hydrogen) atoms. The number of alkyl halides is 3. The van der Waals surface area contributed by atoms with Crippen LogP contribution in [0.2, 0.25) is 5.02 Å². The third-order valence-electron chi connectivity index (χ3n) is 5.00. The maximum atomic E-state index is 13.6. The molecule has 1 aliphatic rings. The first-order chi connectivity index (χ1) is 14.4. The van der Waals surface area contributed by atoms with Crippen LogP contribution in [0.5, 0.6) is 0 Å². The van der Waals surface area contributed by atoms with Crippen LogP contribution in [0.25, 0.3) is 0 Å². The lowest BCUT2D eigenvalue weighted by Gasteiger charge is -2.41. The van der Waals surface area contributed by atoms with E-state index in [1.807, 2.05) is 0 Å². The van der Waals surface area contributed by atoms with Crippen molar-refractivity contribution in [3.05, 3.63) is 64.2 Å². The van der Waals surface area contributed by atoms with Crippen LogP contribution in [0.15, 0.2) is 36.4 Å². The molecule has 0 unspecified atom stereocenters. The maximum absolute atomic E-state index is 13.6. The Morgan fingerprint density at radius 2 is 2.00 bits per heavy atom. The highest BCUT2D eigenvalue weighted by Crippen LogP contribution is 2.31. The van der Waals surface area contributed by atoms with Gasteiger partial charge in [0, 0.05) is 13.1 Å². The van der Waals surface area contributed by atoms with Crippen molar-refractivity contribution in [2.45, 2.75) is 31.6 Å². The summed E-state index contributed by atoms with van der Waals surface area (Å²) >= 11 is 5.85. The Kier molecular flexibility index (Phi) is 6.13. The van der Waals surface area contributed by atoms with Gasteiger partial charge in [-0.25, -0.2) is 14.2 Å². The number of carbonyl (C=O) groups excluding carboxylic acids is 2. The predicted octanol–water partition coefficient (Wildman–Crippen LogP) is 3.90. The zero-order valence-electron chi connectivity index (χ0n) is 16.6. The second-order valence-electron chi connectivity index (χ2n) is 7.47. The van der Waals surface area contributed by atoms with Gasteiger partial charge in [-0.15, -0.1) is 0 Å². The number of piperazine rings is 1. The fraction of sp³-hybridized carbons (Fsp3) is 0.350. The van der Waals surface area contributed by atoms with Crippen molar-refractivity contribution in [1.82, 2.24) is 20.5 Å². The van der Waals surface area contributed by atoms with E-state index in [4.69, 9.17) is 11.6 Å². The number of carbonyl (C=O) groups is 2. The van der Waals surface area contributed by atoms with E-state index in [2.05, 4.69) is 15.6 Å². The van der Waals surface area contributed by atoms with E-state index in [-0.39, 0.29) is 35.3 Å². The molecule has 1 aromatic heterocycles. The first-order valence-electron chi connectivity index (χ1n) is 9.27. The van der Waals surface area contributed by atoms with Crippen molar-refractivity contribution in [3.8, 4) is 0 Å². The van der Waals surface area contributed by atoms with Crippen LogP contribution < -0.4 is 10.6 Å². The van der Waals surface area contributed by atoms with Crippen LogP contribution in [-0.2, 0) is 11.0 Å². The number of hydrogen-bond acceptors (Lipinski definition) is 3. The summed E-state index contributed by atoms with van der Waals surface area (Å²) in [5.41, 5.74) is -2.22. The zero-order valence-corrected chi connectivity index (χ0v) is 17.3. The number of benzene rings is 1. The van der Waals surface area contributed by atoms with Crippen molar-refractivity contribution in [2.24, 2.45) is 0 Å². The van der Waals surface area contributed by atoms with Crippen LogP contribution in [0.4, 0.5) is 22.4 Å². The Morgan fingerprint density at radius 1 is 1.29 bits per heavy atom. The average molecular weight is 459 g/mol. The smallest absolute Gasteiger partial charge is 0.352 e. The Hall–Kier alpha value is -2.88. The van der Waals surface area contributed by atoms with E-state index in [9.17, 15) is 27.2 Å². The van der Waals surface area contributed by atoms with Gasteiger partial charge in [-0.2, -0.15) is 13.2 Å². The van der Waals surface area contributed by atoms with Gasteiger partial charge in [-0.05, 0) is 43.7 Å². The van der Waals surface area contributed by atoms with Crippen LogP contribution in [0.3, 0.4) is 0 Å². The summed E-state index contributed by atoms with van der Waals surface area (Å²) in [7, 11) is 0. The molecule has 1 aromatic carbocycles. The second-order valence-corrected chi connectivity index (χ2v) is 7.88. The lowest BCUT2D eigenvalue weighted by Crippen LogP contribution is -2.65. The van der Waals surface area contributed by atoms with Gasteiger partial charge in [0.2, 0.25) is 5.91 Å². The molecule has 2 aromatic rings. The Balaban J connectivity index is 2.02. The van der Waals surface area contributed by atoms with E-state index >= 15 is 0 Å². The Labute approximate surface area is 180 Å². The molecule has 2 heterocycles. The monoisotopic (exact) mass is 458 g/mol. The predicted molar refractivity (Wildman–Crippen MR) is 105 cm³/mol. The minimum absolute atomic E-state index is 0.120. The van der Waals surface area contributed by atoms with E-state index in [0.29, 0.717) is 0 Å². The molecule has 3 amide bonds. The minimum Gasteiger partial charge on any atom is -0.352 e. The molecule has 2 N–H and O–H groups in total. The van der Waals surface area contributed by atoms with Gasteiger partial charge in [0.1, 0.15) is 17.1 Å². The second kappa shape index (κ2) is 8.33. The number of pyridine rings is 1. The number of nitrogens with zero attached hydrogens (tertiary/aromatic N) is 2. The fourth-order valence-corrected chi connectivity index (χ4v) is 3.44. The molecule has 1 atom stereocenters. The summed E-state index contributed by atoms with van der Waals surface area (Å²) in [6, 6.07) is 4.96. The van der Waals surface area contributed by atoms with Crippen molar-refractivity contribution in [2.75, 3.05) is 13.1 Å². The van der Waals surface area contributed by atoms with Crippen LogP contribution in [0, 0.1) is 5.82 Å². The summed E-state index contributed by atoms with van der Waals surface area (Å²) in [5.74, 6) is -1.09. The lowest BCUT2D eigenvalue weighted by atomic mass is 9.99. The normalized spacial score (nSPS) is 17.1. The summed E-state index contributed by atoms with van der Waals surface area (Å²) in [6.07, 6.45) is -4.70. The van der Waals surface area contributed by atoms with E-state index in [0.717, 1.165) is 18.2 Å². The third-order valence-corrected chi connectivity index (χ3v) is 5.29. The molecule has 0 bridgehead atoms. The van der Waals surface area contributed by atoms with E-state index < -0.39 is 35.3 Å². The van der Waals surface area contributed by atoms with Crippen molar-refractivity contribution in [1.29, 1.82) is 0 Å². The van der Waals surface area contributed by atoms with E-state index in [1.165, 1.54) is 23.1 Å². The van der Waals surface area contributed by atoms with Gasteiger partial charge in [-0.3, -0.25) is 4.79 Å². The summed E-state index contributed by atoms with van der Waals surface area (Å²) < 4.78 is 53.2. The van der Waals surface area contributed by atoms with Gasteiger partial charge in [0.15, 0.2) is 0 Å². The molecule has 11 heteroatoms. The largest absolute Gasteiger partial charge is 0.433 e. The minimum atomic E-state index is -4.70. The Bertz CT molecular complexity index is 1010. The van der Waals surface area contributed by atoms with Gasteiger partial charge < -0.3 is 15.5 Å². The SMILES string of the molecule is CC1(C)C(=O)NCCN1C(=O)N[C@H](c1ccc(F)c(Cl)c1)c1cccc(C(F)(F)F)n1. The molecule has 166 valence electrons. The average Bonchev–Trinajstić information content (AvgIpc) is 2.69. The highest BCUT2D eigenvalue weighted by atomic mass is 35.5. The number of rotatable bonds is 3. The topological polar surface area (TPSA) is 74.3 Å². The number of amides is 3. The zero-order chi connectivity index (χ0) is 23.0. The molecule has 6 nitrogen and oxygen atoms in total. The first-order valence-corrected chi connectivity index (χ1v) is 9.64. The molecular weight excluding hydrogens is 440 g/mol. The molecule has 3 rings (SSSR count). The van der Waals surface area contributed by atoms with Crippen LogP contribution >= 0.6 is 11.6 Å². The summed E-state index contributed by atoms with van der Waals surface area (Å²) in [6.45, 7) is 3.52. The Morgan fingerprint density at radius 3 is 2.65 bits per heavy atom. The number of urea groups is 1. The van der Waals surface area contributed by atoms with Gasteiger partial charge in [-0.1, -0.05) is 23.7 Å². The molecule has 1 saturated heterocycles. The fourth-order valence-electron chi connectivity index (χ4n) is 3.25. The number of halogens is 5. The highest BCUT2D eigenvalue weighted by Gasteiger charge is 2.41. The summed E-state index contributed by atoms with van der Waals surface area (Å²) in [5, 5.41) is 5.01. The summed E-state index contributed by atoms with van der Waals surface area (Å²) in [4.78, 5) is 30.1. The molecule has 1 aliphatic heterocycles. The van der Waals surface area contributed by atoms with Gasteiger partial charge in [0.05, 0.1) is 16.8 Å². The third kappa shape index (κ3) is 4.73. The van der Waals surface area contributed by atoms with Crippen molar-refractivity contribution < 1.29 is 27.2 Å². The standard InChI is InChI=1S/C20H19ClF4N4O2/c1-19(2)17(30)26-8-9-29(19)18(31)28-16(11-6-7-13(22)12(21)10-11)14-4-3-5-15(27-14)20(23,24)25/h3-7,10,16H,8-9H2,1-2H3,(H,26,30)(H,28,31)/t16-/m1/s1. The molecule has 0 spiro atoms. The van der Waals surface area contributed by atoms with Crippen LogP contribution in [-0.4, -0.2) is 40.5 Å². The molecule has 0 radical (unpaired) electrons. The van der Waals surface area contributed by atoms with Gasteiger partial charge in [0.25, 0.3) is 0 Å². The van der Waals surface area contributed by atoms with Crippen LogP contribution in [0.1, 0.15) is 36.8 Å². The van der Waals surface area contributed by atoms with Crippen molar-refractivity contribution in [3.63, 3.8) is 0 Å².